The lowest BCUT2D eigenvalue weighted by molar-refractivity contribution is -0.122. The zero-order valence-corrected chi connectivity index (χ0v) is 17.1. The molecule has 2 aromatic heterocycles. The van der Waals surface area contributed by atoms with E-state index in [1.807, 2.05) is 18.0 Å². The van der Waals surface area contributed by atoms with Gasteiger partial charge in [-0.25, -0.2) is 4.98 Å². The van der Waals surface area contributed by atoms with Gasteiger partial charge < -0.3 is 25.8 Å². The predicted octanol–water partition coefficient (Wildman–Crippen LogP) is 1.01. The number of rotatable bonds is 6. The number of carbonyl (C=O) groups excluding carboxylic acids is 2. The maximum atomic E-state index is 13.0. The smallest absolute Gasteiger partial charge is 0.277 e. The maximum Gasteiger partial charge on any atom is 0.277 e. The third-order valence-electron chi connectivity index (χ3n) is 5.78. The highest BCUT2D eigenvalue weighted by Gasteiger charge is 2.37. The quantitative estimate of drug-likeness (QED) is 0.653. The zero-order chi connectivity index (χ0) is 21.4. The average Bonchev–Trinajstić information content (AvgIpc) is 3.53. The molecule has 0 spiro atoms. The standard InChI is InChI=1S/C21H26N6O3/c1-12-7-15-19(25-20(29)16(26(15)2)8-13-3-4-13)21(30)27(12)11-18(28)24-10-14-5-6-17(22)23-9-14/h5-7,9,13,16H,3-4,8,10-11H2,1-2H3,(H2,22,23)(H,24,28)(H,25,29). The van der Waals surface area contributed by atoms with Crippen LogP contribution in [0.2, 0.25) is 0 Å². The number of anilines is 3. The number of likely N-dealkylation sites (N-methyl/N-ethyl adjacent to an activating group) is 1. The Labute approximate surface area is 174 Å². The first kappa shape index (κ1) is 19.9. The lowest BCUT2D eigenvalue weighted by Gasteiger charge is -2.35. The molecule has 2 aliphatic rings. The summed E-state index contributed by atoms with van der Waals surface area (Å²) in [5, 5.41) is 5.56. The van der Waals surface area contributed by atoms with Gasteiger partial charge >= 0.3 is 0 Å². The van der Waals surface area contributed by atoms with E-state index in [0.29, 0.717) is 23.1 Å². The second kappa shape index (κ2) is 7.81. The molecule has 3 heterocycles. The Balaban J connectivity index is 1.50. The van der Waals surface area contributed by atoms with Gasteiger partial charge in [0, 0.05) is 25.5 Å². The Bertz CT molecular complexity index is 1040. The average molecular weight is 410 g/mol. The lowest BCUT2D eigenvalue weighted by Crippen LogP contribution is -2.49. The number of hydrogen-bond acceptors (Lipinski definition) is 6. The van der Waals surface area contributed by atoms with Gasteiger partial charge in [-0.05, 0) is 37.0 Å². The highest BCUT2D eigenvalue weighted by molar-refractivity contribution is 6.03. The van der Waals surface area contributed by atoms with Crippen LogP contribution in [0.4, 0.5) is 17.2 Å². The first-order valence-corrected chi connectivity index (χ1v) is 10.1. The van der Waals surface area contributed by atoms with Crippen LogP contribution in [0.1, 0.15) is 30.5 Å². The van der Waals surface area contributed by atoms with Crippen molar-refractivity contribution in [3.63, 3.8) is 0 Å². The molecule has 0 bridgehead atoms. The number of nitrogens with one attached hydrogen (secondary N) is 2. The molecule has 30 heavy (non-hydrogen) atoms. The summed E-state index contributed by atoms with van der Waals surface area (Å²) in [5.41, 5.74) is 7.59. The monoisotopic (exact) mass is 410 g/mol. The number of nitrogens with zero attached hydrogens (tertiary/aromatic N) is 3. The van der Waals surface area contributed by atoms with E-state index in [9.17, 15) is 14.4 Å². The largest absolute Gasteiger partial charge is 0.384 e. The van der Waals surface area contributed by atoms with Crippen molar-refractivity contribution in [3.8, 4) is 0 Å². The van der Waals surface area contributed by atoms with Crippen molar-refractivity contribution >= 4 is 29.0 Å². The van der Waals surface area contributed by atoms with Crippen LogP contribution in [0.25, 0.3) is 0 Å². The van der Waals surface area contributed by atoms with Crippen LogP contribution < -0.4 is 26.8 Å². The summed E-state index contributed by atoms with van der Waals surface area (Å²) in [7, 11) is 1.85. The molecule has 2 amide bonds. The van der Waals surface area contributed by atoms with Crippen molar-refractivity contribution in [1.82, 2.24) is 14.9 Å². The third-order valence-corrected chi connectivity index (χ3v) is 5.78. The van der Waals surface area contributed by atoms with Crippen molar-refractivity contribution in [2.75, 3.05) is 23.0 Å². The first-order valence-electron chi connectivity index (χ1n) is 10.1. The van der Waals surface area contributed by atoms with Crippen LogP contribution in [-0.4, -0.2) is 34.5 Å². The van der Waals surface area contributed by atoms with Crippen molar-refractivity contribution in [2.45, 2.75) is 45.3 Å². The number of fused-ring (bicyclic) bond motifs is 1. The Morgan fingerprint density at radius 3 is 2.77 bits per heavy atom. The molecule has 0 saturated heterocycles. The van der Waals surface area contributed by atoms with E-state index in [1.54, 1.807) is 25.3 Å². The topological polar surface area (TPSA) is 122 Å². The summed E-state index contributed by atoms with van der Waals surface area (Å²) in [6.45, 7) is 1.94. The molecule has 1 aliphatic carbocycles. The normalized spacial score (nSPS) is 18.0. The van der Waals surface area contributed by atoms with E-state index in [0.717, 1.165) is 24.8 Å². The molecule has 1 saturated carbocycles. The van der Waals surface area contributed by atoms with Gasteiger partial charge in [-0.15, -0.1) is 0 Å². The van der Waals surface area contributed by atoms with Crippen molar-refractivity contribution in [3.05, 3.63) is 46.0 Å². The van der Waals surface area contributed by atoms with Gasteiger partial charge in [0.05, 0.1) is 5.69 Å². The minimum atomic E-state index is -0.376. The number of nitrogen functional groups attached to an aromatic ring is 1. The summed E-state index contributed by atoms with van der Waals surface area (Å²) in [6.07, 6.45) is 4.71. The second-order valence-corrected chi connectivity index (χ2v) is 8.10. The SMILES string of the molecule is Cc1cc2c(c(=O)n1CC(=O)NCc1ccc(N)nc1)NC(=O)C(CC1CC1)N2C. The van der Waals surface area contributed by atoms with E-state index in [4.69, 9.17) is 5.73 Å². The van der Waals surface area contributed by atoms with Crippen molar-refractivity contribution in [2.24, 2.45) is 5.92 Å². The Morgan fingerprint density at radius 1 is 1.33 bits per heavy atom. The molecule has 1 aliphatic heterocycles. The number of pyridine rings is 2. The molecule has 4 rings (SSSR count). The van der Waals surface area contributed by atoms with Crippen LogP contribution in [0.5, 0.6) is 0 Å². The fraction of sp³-hybridized carbons (Fsp3) is 0.429. The summed E-state index contributed by atoms with van der Waals surface area (Å²) >= 11 is 0. The van der Waals surface area contributed by atoms with Gasteiger partial charge in [0.15, 0.2) is 0 Å². The minimum Gasteiger partial charge on any atom is -0.384 e. The van der Waals surface area contributed by atoms with Crippen LogP contribution in [0, 0.1) is 12.8 Å². The molecule has 0 aromatic carbocycles. The summed E-state index contributed by atoms with van der Waals surface area (Å²) < 4.78 is 1.38. The lowest BCUT2D eigenvalue weighted by atomic mass is 10.0. The molecule has 1 unspecified atom stereocenters. The van der Waals surface area contributed by atoms with Gasteiger partial charge in [0.2, 0.25) is 11.8 Å². The Morgan fingerprint density at radius 2 is 2.10 bits per heavy atom. The molecule has 1 fully saturated rings. The van der Waals surface area contributed by atoms with Gasteiger partial charge in [-0.3, -0.25) is 14.4 Å². The molecule has 1 atom stereocenters. The summed E-state index contributed by atoms with van der Waals surface area (Å²) in [4.78, 5) is 43.9. The molecule has 2 aromatic rings. The summed E-state index contributed by atoms with van der Waals surface area (Å²) in [5.74, 6) is 0.530. The van der Waals surface area contributed by atoms with E-state index in [-0.39, 0.29) is 42.2 Å². The van der Waals surface area contributed by atoms with E-state index in [2.05, 4.69) is 15.6 Å². The number of amides is 2. The van der Waals surface area contributed by atoms with Crippen LogP contribution in [-0.2, 0) is 22.7 Å². The number of nitrogens with two attached hydrogens (primary N) is 1. The van der Waals surface area contributed by atoms with Crippen LogP contribution >= 0.6 is 0 Å². The molecule has 4 N–H and O–H groups in total. The predicted molar refractivity (Wildman–Crippen MR) is 114 cm³/mol. The first-order chi connectivity index (χ1) is 14.3. The van der Waals surface area contributed by atoms with Gasteiger partial charge in [-0.1, -0.05) is 18.9 Å². The molecule has 9 nitrogen and oxygen atoms in total. The third kappa shape index (κ3) is 4.00. The highest BCUT2D eigenvalue weighted by atomic mass is 16.2. The van der Waals surface area contributed by atoms with Crippen molar-refractivity contribution in [1.29, 1.82) is 0 Å². The maximum absolute atomic E-state index is 13.0. The van der Waals surface area contributed by atoms with Gasteiger partial charge in [0.25, 0.3) is 5.56 Å². The zero-order valence-electron chi connectivity index (χ0n) is 17.1. The van der Waals surface area contributed by atoms with E-state index >= 15 is 0 Å². The van der Waals surface area contributed by atoms with Gasteiger partial charge in [-0.2, -0.15) is 0 Å². The van der Waals surface area contributed by atoms with Crippen LogP contribution in [0.15, 0.2) is 29.2 Å². The minimum absolute atomic E-state index is 0.133. The number of aromatic nitrogens is 2. The van der Waals surface area contributed by atoms with Gasteiger partial charge in [0.1, 0.15) is 24.1 Å². The highest BCUT2D eigenvalue weighted by Crippen LogP contribution is 2.38. The van der Waals surface area contributed by atoms with E-state index < -0.39 is 0 Å². The Kier molecular flexibility index (Phi) is 5.19. The van der Waals surface area contributed by atoms with Crippen molar-refractivity contribution < 1.29 is 9.59 Å². The van der Waals surface area contributed by atoms with E-state index in [1.165, 1.54) is 4.57 Å². The Hall–Kier alpha value is -3.36. The molecule has 158 valence electrons. The summed E-state index contributed by atoms with van der Waals surface area (Å²) in [6, 6.07) is 5.03. The molecular weight excluding hydrogens is 384 g/mol. The molecule has 0 radical (unpaired) electrons. The molecular formula is C21H26N6O3. The number of aryl methyl sites for hydroxylation is 1. The fourth-order valence-electron chi connectivity index (χ4n) is 3.77. The van der Waals surface area contributed by atoms with Crippen LogP contribution in [0.3, 0.4) is 0 Å². The number of carbonyl (C=O) groups is 2. The molecule has 9 heteroatoms. The second-order valence-electron chi connectivity index (χ2n) is 8.10. The fourth-order valence-corrected chi connectivity index (χ4v) is 3.77. The number of hydrogen-bond donors (Lipinski definition) is 3.